The molecule has 0 aliphatic heterocycles. The highest BCUT2D eigenvalue weighted by Gasteiger charge is 2.91. The van der Waals surface area contributed by atoms with E-state index in [4.69, 9.17) is 0 Å². The monoisotopic (exact) mass is 324 g/mol. The van der Waals surface area contributed by atoms with Gasteiger partial charge in [0.15, 0.2) is 5.76 Å². The van der Waals surface area contributed by atoms with Crippen LogP contribution < -0.4 is 0 Å². The molecule has 12 heteroatoms. The van der Waals surface area contributed by atoms with Gasteiger partial charge in [-0.3, -0.25) is 0 Å². The van der Waals surface area contributed by atoms with Gasteiger partial charge in [0.1, 0.15) is 5.57 Å². The van der Waals surface area contributed by atoms with Crippen molar-refractivity contribution in [3.05, 3.63) is 11.3 Å². The number of rotatable bonds is 2. The molecule has 0 radical (unpaired) electrons. The Morgan fingerprint density at radius 1 is 0.850 bits per heavy atom. The first kappa shape index (κ1) is 16.8. The fraction of sp³-hybridized carbons (Fsp3) is 0.750. The summed E-state index contributed by atoms with van der Waals surface area (Å²) < 4.78 is 141. The van der Waals surface area contributed by atoms with Crippen LogP contribution in [0.25, 0.3) is 0 Å². The van der Waals surface area contributed by atoms with E-state index in [9.17, 15) is 48.3 Å². The lowest BCUT2D eigenvalue weighted by Gasteiger charge is -2.48. The van der Waals surface area contributed by atoms with Crippen LogP contribution in [0.4, 0.5) is 48.3 Å². The Kier molecular flexibility index (Phi) is 3.29. The van der Waals surface area contributed by atoms with Crippen molar-refractivity contribution in [3.63, 3.8) is 0 Å². The lowest BCUT2D eigenvalue weighted by atomic mass is 9.70. The molecule has 1 rings (SSSR count). The molecule has 0 bridgehead atoms. The number of ether oxygens (including phenoxy) is 1. The second kappa shape index (κ2) is 3.91. The van der Waals surface area contributed by atoms with Gasteiger partial charge in [0.25, 0.3) is 5.67 Å². The van der Waals surface area contributed by atoms with Crippen LogP contribution in [0.2, 0.25) is 0 Å². The van der Waals surface area contributed by atoms with Crippen molar-refractivity contribution < 1.29 is 53.0 Å². The molecule has 0 spiro atoms. The third-order valence-corrected chi connectivity index (χ3v) is 2.57. The molecule has 0 saturated carbocycles. The summed E-state index contributed by atoms with van der Waals surface area (Å²) >= 11 is 0. The maximum Gasteiger partial charge on any atom is 0.457 e. The number of allylic oxidation sites excluding steroid dienone is 2. The minimum atomic E-state index is -6.96. The summed E-state index contributed by atoms with van der Waals surface area (Å²) in [7, 11) is 0.153. The number of halogens is 11. The van der Waals surface area contributed by atoms with E-state index < -0.39 is 41.2 Å². The summed E-state index contributed by atoms with van der Waals surface area (Å²) in [5.74, 6) is -15.4. The first-order valence-electron chi connectivity index (χ1n) is 4.44. The quantitative estimate of drug-likeness (QED) is 0.698. The minimum absolute atomic E-state index is 0.153. The fourth-order valence-corrected chi connectivity index (χ4v) is 1.67. The third-order valence-electron chi connectivity index (χ3n) is 2.57. The van der Waals surface area contributed by atoms with E-state index in [1.807, 2.05) is 0 Å². The van der Waals surface area contributed by atoms with E-state index in [0.717, 1.165) is 0 Å². The van der Waals surface area contributed by atoms with E-state index in [1.165, 1.54) is 0 Å². The summed E-state index contributed by atoms with van der Waals surface area (Å²) in [5, 5.41) is 0. The number of alkyl halides is 11. The van der Waals surface area contributed by atoms with Gasteiger partial charge in [0, 0.05) is 0 Å². The molecule has 1 atom stereocenters. The fourth-order valence-electron chi connectivity index (χ4n) is 1.67. The van der Waals surface area contributed by atoms with E-state index in [0.29, 0.717) is 0 Å². The lowest BCUT2D eigenvalue weighted by Crippen LogP contribution is -2.72. The van der Waals surface area contributed by atoms with Gasteiger partial charge in [-0.2, -0.15) is 43.9 Å². The molecule has 1 aliphatic rings. The summed E-state index contributed by atoms with van der Waals surface area (Å²) in [6.07, 6.45) is -13.2. The van der Waals surface area contributed by atoms with Gasteiger partial charge in [0.05, 0.1) is 7.11 Å². The molecule has 20 heavy (non-hydrogen) atoms. The van der Waals surface area contributed by atoms with E-state index >= 15 is 0 Å². The van der Waals surface area contributed by atoms with Crippen molar-refractivity contribution in [2.75, 3.05) is 7.11 Å². The van der Waals surface area contributed by atoms with Gasteiger partial charge in [-0.1, -0.05) is 0 Å². The Labute approximate surface area is 103 Å². The minimum Gasteiger partial charge on any atom is -0.494 e. The second-order valence-corrected chi connectivity index (χ2v) is 3.71. The maximum atomic E-state index is 13.5. The van der Waals surface area contributed by atoms with Gasteiger partial charge >= 0.3 is 24.2 Å². The molecule has 0 aromatic carbocycles. The van der Waals surface area contributed by atoms with Crippen molar-refractivity contribution in [3.8, 4) is 0 Å². The first-order chi connectivity index (χ1) is 8.56. The predicted octanol–water partition coefficient (Wildman–Crippen LogP) is 4.00. The summed E-state index contributed by atoms with van der Waals surface area (Å²) in [6, 6.07) is 0. The zero-order valence-corrected chi connectivity index (χ0v) is 9.07. The van der Waals surface area contributed by atoms with E-state index in [1.54, 1.807) is 0 Å². The van der Waals surface area contributed by atoms with Gasteiger partial charge in [-0.25, -0.2) is 4.39 Å². The van der Waals surface area contributed by atoms with E-state index in [2.05, 4.69) is 4.74 Å². The predicted molar refractivity (Wildman–Crippen MR) is 39.9 cm³/mol. The molecule has 0 N–H and O–H groups in total. The Morgan fingerprint density at radius 2 is 1.25 bits per heavy atom. The number of methoxy groups -OCH3 is 1. The molecule has 1 nitrogen and oxygen atoms in total. The standard InChI is InChI=1S/C8H3F11O/c1-20-3-2(6(12,13)14)4(9,5(3,10)11)7(15,16)8(17,18)19/h1H3. The van der Waals surface area contributed by atoms with Crippen LogP contribution in [-0.2, 0) is 4.74 Å². The highest BCUT2D eigenvalue weighted by molar-refractivity contribution is 5.49. The Bertz CT molecular complexity index is 442. The highest BCUT2D eigenvalue weighted by atomic mass is 19.4. The van der Waals surface area contributed by atoms with Crippen LogP contribution in [0, 0.1) is 0 Å². The smallest absolute Gasteiger partial charge is 0.457 e. The number of hydrogen-bond donors (Lipinski definition) is 0. The molecule has 1 aliphatic carbocycles. The molecule has 0 aromatic rings. The molecule has 0 amide bonds. The van der Waals surface area contributed by atoms with Gasteiger partial charge in [-0.15, -0.1) is 0 Å². The molecule has 0 aromatic heterocycles. The third kappa shape index (κ3) is 1.68. The van der Waals surface area contributed by atoms with Crippen LogP contribution >= 0.6 is 0 Å². The van der Waals surface area contributed by atoms with Crippen molar-refractivity contribution in [1.82, 2.24) is 0 Å². The maximum absolute atomic E-state index is 13.5. The molecule has 118 valence electrons. The molecule has 0 saturated heterocycles. The second-order valence-electron chi connectivity index (χ2n) is 3.71. The van der Waals surface area contributed by atoms with Gasteiger partial charge < -0.3 is 4.74 Å². The van der Waals surface area contributed by atoms with Crippen molar-refractivity contribution in [2.24, 2.45) is 0 Å². The van der Waals surface area contributed by atoms with Crippen LogP contribution in [0.1, 0.15) is 0 Å². The summed E-state index contributed by atoms with van der Waals surface area (Å²) in [5.41, 5.74) is -9.68. The zero-order valence-electron chi connectivity index (χ0n) is 9.07. The van der Waals surface area contributed by atoms with Crippen LogP contribution in [0.3, 0.4) is 0 Å². The highest BCUT2D eigenvalue weighted by Crippen LogP contribution is 2.67. The Morgan fingerprint density at radius 3 is 1.50 bits per heavy atom. The van der Waals surface area contributed by atoms with Crippen molar-refractivity contribution >= 4 is 0 Å². The largest absolute Gasteiger partial charge is 0.494 e. The summed E-state index contributed by atoms with van der Waals surface area (Å²) in [6.45, 7) is 0. The normalized spacial score (nSPS) is 27.4. The van der Waals surface area contributed by atoms with Gasteiger partial charge in [-0.05, 0) is 0 Å². The number of hydrogen-bond acceptors (Lipinski definition) is 1. The van der Waals surface area contributed by atoms with Crippen LogP contribution in [0.15, 0.2) is 11.3 Å². The average molecular weight is 324 g/mol. The summed E-state index contributed by atoms with van der Waals surface area (Å²) in [4.78, 5) is 0. The van der Waals surface area contributed by atoms with Gasteiger partial charge in [0.2, 0.25) is 0 Å². The molecule has 0 fully saturated rings. The van der Waals surface area contributed by atoms with Crippen LogP contribution in [-0.4, -0.2) is 37.0 Å². The Hall–Kier alpha value is -1.23. The molecule has 1 unspecified atom stereocenters. The first-order valence-corrected chi connectivity index (χ1v) is 4.44. The average Bonchev–Trinajstić information content (AvgIpc) is 2.20. The van der Waals surface area contributed by atoms with Crippen molar-refractivity contribution in [2.45, 2.75) is 29.9 Å². The topological polar surface area (TPSA) is 9.23 Å². The Balaban J connectivity index is 3.63. The molecule has 0 heterocycles. The van der Waals surface area contributed by atoms with Crippen LogP contribution in [0.5, 0.6) is 0 Å². The van der Waals surface area contributed by atoms with Crippen molar-refractivity contribution in [1.29, 1.82) is 0 Å². The zero-order chi connectivity index (χ0) is 16.4. The lowest BCUT2D eigenvalue weighted by molar-refractivity contribution is -0.369. The molecular weight excluding hydrogens is 321 g/mol. The van der Waals surface area contributed by atoms with E-state index in [-0.39, 0.29) is 7.11 Å². The molecular formula is C8H3F11O. The SMILES string of the molecule is COC1=C(C(F)(F)F)C(F)(C(F)(F)C(F)(F)F)C1(F)F.